The lowest BCUT2D eigenvalue weighted by Gasteiger charge is -2.04. The van der Waals surface area contributed by atoms with Crippen LogP contribution in [-0.4, -0.2) is 34.6 Å². The highest BCUT2D eigenvalue weighted by Gasteiger charge is 2.16. The van der Waals surface area contributed by atoms with Gasteiger partial charge in [-0.3, -0.25) is 9.69 Å². The Kier molecular flexibility index (Phi) is 2.55. The van der Waals surface area contributed by atoms with Crippen molar-refractivity contribution in [3.8, 4) is 0 Å². The number of rotatable bonds is 3. The number of anilines is 1. The van der Waals surface area contributed by atoms with Crippen molar-refractivity contribution in [1.29, 1.82) is 0 Å². The summed E-state index contributed by atoms with van der Waals surface area (Å²) in [5, 5.41) is 11.3. The minimum absolute atomic E-state index is 0.0956. The molecule has 0 bridgehead atoms. The van der Waals surface area contributed by atoms with Crippen molar-refractivity contribution in [2.45, 2.75) is 13.1 Å². The zero-order valence-corrected chi connectivity index (χ0v) is 8.53. The fraction of sp³-hybridized carbons (Fsp3) is 0.400. The number of pyridine rings is 1. The average Bonchev–Trinajstić information content (AvgIpc) is 2.53. The molecule has 0 spiro atoms. The van der Waals surface area contributed by atoms with Crippen LogP contribution in [0.3, 0.4) is 0 Å². The van der Waals surface area contributed by atoms with Gasteiger partial charge in [0.2, 0.25) is 0 Å². The second kappa shape index (κ2) is 3.86. The van der Waals surface area contributed by atoms with Gasteiger partial charge in [0.05, 0.1) is 0 Å². The Morgan fingerprint density at radius 1 is 1.60 bits per heavy atom. The summed E-state index contributed by atoms with van der Waals surface area (Å²) in [6, 6.07) is 1.92. The van der Waals surface area contributed by atoms with Crippen LogP contribution < -0.4 is 5.32 Å². The SMILES string of the molecule is CN1Cc2cnc(NCC(=O)O)cc2C1. The summed E-state index contributed by atoms with van der Waals surface area (Å²) in [7, 11) is 2.05. The Balaban J connectivity index is 2.09. The number of aromatic nitrogens is 1. The maximum Gasteiger partial charge on any atom is 0.322 e. The van der Waals surface area contributed by atoms with Crippen LogP contribution in [-0.2, 0) is 17.9 Å². The van der Waals surface area contributed by atoms with Crippen LogP contribution in [0.25, 0.3) is 0 Å². The molecule has 0 saturated heterocycles. The molecule has 0 atom stereocenters. The first-order chi connectivity index (χ1) is 7.15. The molecule has 0 aromatic carbocycles. The average molecular weight is 207 g/mol. The molecule has 5 heteroatoms. The zero-order chi connectivity index (χ0) is 10.8. The fourth-order valence-electron chi connectivity index (χ4n) is 1.72. The quantitative estimate of drug-likeness (QED) is 0.756. The van der Waals surface area contributed by atoms with Crippen molar-refractivity contribution in [1.82, 2.24) is 9.88 Å². The molecule has 1 aliphatic heterocycles. The van der Waals surface area contributed by atoms with Crippen molar-refractivity contribution in [3.63, 3.8) is 0 Å². The monoisotopic (exact) mass is 207 g/mol. The van der Waals surface area contributed by atoms with E-state index in [1.54, 1.807) is 0 Å². The topological polar surface area (TPSA) is 65.5 Å². The summed E-state index contributed by atoms with van der Waals surface area (Å²) in [5.74, 6) is -0.249. The van der Waals surface area contributed by atoms with Crippen molar-refractivity contribution in [2.75, 3.05) is 18.9 Å². The van der Waals surface area contributed by atoms with E-state index in [-0.39, 0.29) is 6.54 Å². The largest absolute Gasteiger partial charge is 0.480 e. The standard InChI is InChI=1S/C10H13N3O2/c1-13-5-7-2-9(12-4-10(14)15)11-3-8(7)6-13/h2-3H,4-6H2,1H3,(H,11,12)(H,14,15). The molecule has 2 N–H and O–H groups in total. The lowest BCUT2D eigenvalue weighted by molar-refractivity contribution is -0.134. The summed E-state index contributed by atoms with van der Waals surface area (Å²) < 4.78 is 0. The van der Waals surface area contributed by atoms with Gasteiger partial charge in [-0.1, -0.05) is 0 Å². The van der Waals surface area contributed by atoms with Crippen LogP contribution in [0.1, 0.15) is 11.1 Å². The van der Waals surface area contributed by atoms with Gasteiger partial charge < -0.3 is 10.4 Å². The Hall–Kier alpha value is -1.62. The number of nitrogens with one attached hydrogen (secondary N) is 1. The lowest BCUT2D eigenvalue weighted by atomic mass is 10.2. The first kappa shape index (κ1) is 9.92. The van der Waals surface area contributed by atoms with Crippen molar-refractivity contribution < 1.29 is 9.90 Å². The number of nitrogens with zero attached hydrogens (tertiary/aromatic N) is 2. The van der Waals surface area contributed by atoms with Gasteiger partial charge in [0.1, 0.15) is 12.4 Å². The number of carboxylic acid groups (broad SMARTS) is 1. The van der Waals surface area contributed by atoms with E-state index >= 15 is 0 Å². The summed E-state index contributed by atoms with van der Waals surface area (Å²) in [4.78, 5) is 16.7. The van der Waals surface area contributed by atoms with E-state index in [0.29, 0.717) is 5.82 Å². The highest BCUT2D eigenvalue weighted by molar-refractivity contribution is 5.72. The number of aliphatic carboxylic acids is 1. The van der Waals surface area contributed by atoms with E-state index < -0.39 is 5.97 Å². The molecule has 5 nitrogen and oxygen atoms in total. The van der Waals surface area contributed by atoms with E-state index in [0.717, 1.165) is 13.1 Å². The zero-order valence-electron chi connectivity index (χ0n) is 8.53. The molecular weight excluding hydrogens is 194 g/mol. The van der Waals surface area contributed by atoms with Gasteiger partial charge >= 0.3 is 5.97 Å². The van der Waals surface area contributed by atoms with Gasteiger partial charge in [0.25, 0.3) is 0 Å². The Morgan fingerprint density at radius 2 is 2.33 bits per heavy atom. The molecule has 0 saturated carbocycles. The Morgan fingerprint density at radius 3 is 3.07 bits per heavy atom. The van der Waals surface area contributed by atoms with Crippen molar-refractivity contribution in [2.24, 2.45) is 0 Å². The second-order valence-corrected chi connectivity index (χ2v) is 3.76. The Labute approximate surface area is 87.7 Å². The highest BCUT2D eigenvalue weighted by Crippen LogP contribution is 2.22. The van der Waals surface area contributed by atoms with Gasteiger partial charge in [-0.25, -0.2) is 4.98 Å². The molecule has 2 heterocycles. The van der Waals surface area contributed by atoms with Gasteiger partial charge in [-0.2, -0.15) is 0 Å². The van der Waals surface area contributed by atoms with Crippen LogP contribution in [0.5, 0.6) is 0 Å². The van der Waals surface area contributed by atoms with E-state index in [1.165, 1.54) is 11.1 Å². The molecular formula is C10H13N3O2. The molecule has 0 unspecified atom stereocenters. The first-order valence-corrected chi connectivity index (χ1v) is 4.77. The maximum atomic E-state index is 10.4. The van der Waals surface area contributed by atoms with Crippen molar-refractivity contribution >= 4 is 11.8 Å². The predicted octanol–water partition coefficient (Wildman–Crippen LogP) is 0.523. The molecule has 1 aromatic heterocycles. The van der Waals surface area contributed by atoms with E-state index in [2.05, 4.69) is 15.2 Å². The van der Waals surface area contributed by atoms with Crippen LogP contribution in [0, 0.1) is 0 Å². The minimum atomic E-state index is -0.880. The third-order valence-electron chi connectivity index (χ3n) is 2.38. The van der Waals surface area contributed by atoms with E-state index in [4.69, 9.17) is 5.11 Å². The lowest BCUT2D eigenvalue weighted by Crippen LogP contribution is -2.13. The van der Waals surface area contributed by atoms with Crippen molar-refractivity contribution in [3.05, 3.63) is 23.4 Å². The number of hydrogen-bond donors (Lipinski definition) is 2. The molecule has 1 aromatic rings. The molecule has 1 aliphatic rings. The maximum absolute atomic E-state index is 10.4. The third kappa shape index (κ3) is 2.24. The van der Waals surface area contributed by atoms with Crippen LogP contribution in [0.4, 0.5) is 5.82 Å². The Bertz CT molecular complexity index is 392. The first-order valence-electron chi connectivity index (χ1n) is 4.77. The summed E-state index contributed by atoms with van der Waals surface area (Å²) in [6.45, 7) is 1.72. The molecule has 0 fully saturated rings. The van der Waals surface area contributed by atoms with E-state index in [1.807, 2.05) is 19.3 Å². The molecule has 0 radical (unpaired) electrons. The fourth-order valence-corrected chi connectivity index (χ4v) is 1.72. The van der Waals surface area contributed by atoms with Gasteiger partial charge in [-0.05, 0) is 24.2 Å². The number of hydrogen-bond acceptors (Lipinski definition) is 4. The molecule has 15 heavy (non-hydrogen) atoms. The highest BCUT2D eigenvalue weighted by atomic mass is 16.4. The minimum Gasteiger partial charge on any atom is -0.480 e. The van der Waals surface area contributed by atoms with Crippen LogP contribution >= 0.6 is 0 Å². The van der Waals surface area contributed by atoms with Gasteiger partial charge in [-0.15, -0.1) is 0 Å². The van der Waals surface area contributed by atoms with Gasteiger partial charge in [0.15, 0.2) is 0 Å². The second-order valence-electron chi connectivity index (χ2n) is 3.76. The summed E-state index contributed by atoms with van der Waals surface area (Å²) in [6.07, 6.45) is 1.81. The smallest absolute Gasteiger partial charge is 0.322 e. The number of fused-ring (bicyclic) bond motifs is 1. The molecule has 80 valence electrons. The summed E-state index contributed by atoms with van der Waals surface area (Å²) in [5.41, 5.74) is 2.44. The normalized spacial score (nSPS) is 15.0. The number of carboxylic acids is 1. The van der Waals surface area contributed by atoms with Crippen LogP contribution in [0.15, 0.2) is 12.3 Å². The summed E-state index contributed by atoms with van der Waals surface area (Å²) >= 11 is 0. The van der Waals surface area contributed by atoms with E-state index in [9.17, 15) is 4.79 Å². The molecule has 0 amide bonds. The number of carbonyl (C=O) groups is 1. The predicted molar refractivity (Wildman–Crippen MR) is 55.5 cm³/mol. The molecule has 2 rings (SSSR count). The third-order valence-corrected chi connectivity index (χ3v) is 2.38. The molecule has 0 aliphatic carbocycles. The van der Waals surface area contributed by atoms with Gasteiger partial charge in [0, 0.05) is 19.3 Å². The van der Waals surface area contributed by atoms with Crippen LogP contribution in [0.2, 0.25) is 0 Å².